The van der Waals surface area contributed by atoms with E-state index in [4.69, 9.17) is 14.2 Å². The van der Waals surface area contributed by atoms with Crippen LogP contribution in [0.25, 0.3) is 0 Å². The molecule has 7 rings (SSSR count). The van der Waals surface area contributed by atoms with Gasteiger partial charge in [-0.1, -0.05) is 56.0 Å². The molecule has 5 N–H and O–H groups in total. The lowest BCUT2D eigenvalue weighted by atomic mass is 9.44. The number of carbonyl (C=O) groups excluding carboxylic acids is 5. The summed E-state index contributed by atoms with van der Waals surface area (Å²) in [4.78, 5) is 64.6. The van der Waals surface area contributed by atoms with E-state index in [9.17, 15) is 34.2 Å². The Balaban J connectivity index is 1.01. The summed E-state index contributed by atoms with van der Waals surface area (Å²) in [6.07, 6.45) is -2.28. The van der Waals surface area contributed by atoms with Gasteiger partial charge >= 0.3 is 6.09 Å². The number of amides is 3. The molecule has 1 saturated heterocycles. The molecule has 4 fully saturated rings. The minimum Gasteiger partial charge on any atom is -0.444 e. The highest BCUT2D eigenvalue weighted by Crippen LogP contribution is 2.72. The summed E-state index contributed by atoms with van der Waals surface area (Å²) in [6.45, 7) is 14.3. The number of rotatable bonds is 11. The maximum absolute atomic E-state index is 17.7. The Morgan fingerprint density at radius 2 is 1.71 bits per heavy atom. The van der Waals surface area contributed by atoms with Gasteiger partial charge in [-0.25, -0.2) is 13.6 Å². The molecule has 2 aromatic carbocycles. The van der Waals surface area contributed by atoms with Crippen molar-refractivity contribution in [1.82, 2.24) is 10.6 Å². The van der Waals surface area contributed by atoms with Gasteiger partial charge in [0, 0.05) is 28.0 Å². The second-order valence-electron chi connectivity index (χ2n) is 19.3. The molecule has 1 heterocycles. The zero-order chi connectivity index (χ0) is 46.0. The number of aliphatic hydroxyl groups is 2. The first-order valence-electron chi connectivity index (χ1n) is 21.3. The van der Waals surface area contributed by atoms with Gasteiger partial charge in [-0.05, 0) is 120 Å². The Morgan fingerprint density at radius 1 is 1.02 bits per heavy atom. The van der Waals surface area contributed by atoms with Crippen molar-refractivity contribution in [3.63, 3.8) is 0 Å². The number of aliphatic hydroxyl groups excluding tert-OH is 2. The molecule has 12 atom stereocenters. The SMILES string of the molecule is C=C(C)[C@H](NC(=O)OC(C)(C)C)C(=O)N[C@@H](C)C(=O)Nc1cccc(Cc2ccc(C3O[C@@H]4C[C@H]5C6C[C@H](F)C7=CC(=O)C=CC7(C)[C@@]6(F)C(O)CC5(C)[C@]4(C(=O)CO)O3)cc2)c1. The summed E-state index contributed by atoms with van der Waals surface area (Å²) < 4.78 is 52.0. The number of allylic oxidation sites excluding steroid dienone is 4. The van der Waals surface area contributed by atoms with Gasteiger partial charge in [0.05, 0.1) is 12.2 Å². The number of anilines is 1. The van der Waals surface area contributed by atoms with Crippen molar-refractivity contribution in [2.24, 2.45) is 22.7 Å². The van der Waals surface area contributed by atoms with Crippen molar-refractivity contribution in [1.29, 1.82) is 0 Å². The van der Waals surface area contributed by atoms with Gasteiger partial charge in [-0.15, -0.1) is 0 Å². The number of alkyl halides is 2. The van der Waals surface area contributed by atoms with Crippen molar-refractivity contribution in [2.75, 3.05) is 11.9 Å². The first-order chi connectivity index (χ1) is 29.5. The number of alkyl carbamates (subject to hydrolysis) is 1. The number of nitrogens with one attached hydrogen (secondary N) is 3. The number of Topliss-reactive ketones (excluding diaryl/α,β-unsaturated/α-hetero) is 1. The van der Waals surface area contributed by atoms with Crippen molar-refractivity contribution < 1.29 is 57.2 Å². The number of ketones is 2. The van der Waals surface area contributed by atoms with E-state index in [0.29, 0.717) is 23.2 Å². The largest absolute Gasteiger partial charge is 0.444 e. The average Bonchev–Trinajstić information content (AvgIpc) is 3.71. The molecule has 2 aromatic rings. The van der Waals surface area contributed by atoms with Crippen LogP contribution < -0.4 is 16.0 Å². The number of halogens is 2. The van der Waals surface area contributed by atoms with E-state index in [-0.39, 0.29) is 24.8 Å². The summed E-state index contributed by atoms with van der Waals surface area (Å²) in [7, 11) is 0. The van der Waals surface area contributed by atoms with Crippen LogP contribution in [-0.4, -0.2) is 93.6 Å². The number of hydrogen-bond acceptors (Lipinski definition) is 10. The molecule has 13 nitrogen and oxygen atoms in total. The number of hydrogen-bond donors (Lipinski definition) is 5. The molecule has 0 aromatic heterocycles. The predicted molar refractivity (Wildman–Crippen MR) is 227 cm³/mol. The molecule has 1 aliphatic heterocycles. The highest BCUT2D eigenvalue weighted by atomic mass is 19.1. The summed E-state index contributed by atoms with van der Waals surface area (Å²) in [5, 5.41) is 30.0. The van der Waals surface area contributed by atoms with E-state index < -0.39 is 112 Å². The molecule has 0 bridgehead atoms. The Labute approximate surface area is 365 Å². The molecule has 338 valence electrons. The second-order valence-corrected chi connectivity index (χ2v) is 19.3. The molecule has 5 unspecified atom stereocenters. The quantitative estimate of drug-likeness (QED) is 0.172. The molecular weight excluding hydrogens is 817 g/mol. The van der Waals surface area contributed by atoms with Crippen molar-refractivity contribution in [3.8, 4) is 0 Å². The molecule has 15 heteroatoms. The Morgan fingerprint density at radius 3 is 2.37 bits per heavy atom. The minimum atomic E-state index is -2.35. The molecule has 3 amide bonds. The van der Waals surface area contributed by atoms with Gasteiger partial charge in [0.25, 0.3) is 0 Å². The number of fused-ring (bicyclic) bond motifs is 7. The minimum absolute atomic E-state index is 0.00395. The Kier molecular flexibility index (Phi) is 12.0. The van der Waals surface area contributed by atoms with E-state index in [1.807, 2.05) is 18.2 Å². The molecule has 3 saturated carbocycles. The van der Waals surface area contributed by atoms with Crippen molar-refractivity contribution >= 4 is 35.2 Å². The second kappa shape index (κ2) is 16.5. The van der Waals surface area contributed by atoms with Crippen LogP contribution in [0, 0.1) is 22.7 Å². The summed E-state index contributed by atoms with van der Waals surface area (Å²) in [6, 6.07) is 12.4. The van der Waals surface area contributed by atoms with Crippen molar-refractivity contribution in [2.45, 2.75) is 128 Å². The first kappa shape index (κ1) is 45.9. The Bertz CT molecular complexity index is 2270. The lowest BCUT2D eigenvalue weighted by Crippen LogP contribution is -2.70. The van der Waals surface area contributed by atoms with Crippen LogP contribution in [0.2, 0.25) is 0 Å². The zero-order valence-corrected chi connectivity index (χ0v) is 36.6. The van der Waals surface area contributed by atoms with Crippen LogP contribution in [0.5, 0.6) is 0 Å². The standard InChI is InChI=1S/C48H57F2N3O10/c1-25(2)39(53-43(60)63-44(4,5)6)41(59)51-26(3)40(58)52-30-11-9-10-28(19-30)18-27-12-14-29(15-13-27)42-61-38-22-32-33-21-35(49)34-20-31(55)16-17-45(34,7)47(33,50)36(56)23-46(32,8)48(38,62-42)37(57)24-54/h9-17,19-20,26,32-33,35-36,38-39,42,54,56H,1,18,21-24H2,2-8H3,(H,51,59)(H,52,58)(H,53,60)/t26-,32-,33?,35-,36?,38+,39-,42?,45?,46?,47-,48+/m0/s1. The van der Waals surface area contributed by atoms with Crippen LogP contribution in [0.4, 0.5) is 19.3 Å². The highest BCUT2D eigenvalue weighted by Gasteiger charge is 2.80. The molecule has 0 spiro atoms. The zero-order valence-electron chi connectivity index (χ0n) is 36.6. The summed E-state index contributed by atoms with van der Waals surface area (Å²) >= 11 is 0. The molecule has 4 aliphatic carbocycles. The lowest BCUT2D eigenvalue weighted by molar-refractivity contribution is -0.235. The molecule has 63 heavy (non-hydrogen) atoms. The lowest BCUT2D eigenvalue weighted by Gasteiger charge is -2.63. The highest BCUT2D eigenvalue weighted by molar-refractivity contribution is 6.01. The van der Waals surface area contributed by atoms with Crippen LogP contribution >= 0.6 is 0 Å². The van der Waals surface area contributed by atoms with Crippen LogP contribution in [0.3, 0.4) is 0 Å². The molecule has 5 aliphatic rings. The fraction of sp³-hybridized carbons (Fsp3) is 0.521. The predicted octanol–water partition coefficient (Wildman–Crippen LogP) is 5.83. The van der Waals surface area contributed by atoms with Gasteiger partial charge in [-0.3, -0.25) is 19.2 Å². The first-order valence-corrected chi connectivity index (χ1v) is 21.3. The maximum Gasteiger partial charge on any atom is 0.408 e. The Hall–Kier alpha value is -5.09. The van der Waals surface area contributed by atoms with E-state index in [1.165, 1.54) is 26.0 Å². The monoisotopic (exact) mass is 873 g/mol. The number of carbonyl (C=O) groups is 5. The van der Waals surface area contributed by atoms with Crippen LogP contribution in [-0.2, 0) is 39.8 Å². The summed E-state index contributed by atoms with van der Waals surface area (Å²) in [5.41, 5.74) is -4.52. The van der Waals surface area contributed by atoms with E-state index >= 15 is 8.78 Å². The van der Waals surface area contributed by atoms with Crippen molar-refractivity contribution in [3.05, 3.63) is 101 Å². The van der Waals surface area contributed by atoms with E-state index in [2.05, 4.69) is 22.5 Å². The molecule has 0 radical (unpaired) electrons. The fourth-order valence-corrected chi connectivity index (χ4v) is 11.0. The molecular formula is C48H57F2N3O10. The normalized spacial score (nSPS) is 34.0. The third kappa shape index (κ3) is 7.84. The van der Waals surface area contributed by atoms with Gasteiger partial charge in [0.15, 0.2) is 29.1 Å². The topological polar surface area (TPSA) is 190 Å². The van der Waals surface area contributed by atoms with Gasteiger partial charge in [0.1, 0.15) is 30.5 Å². The number of benzene rings is 2. The van der Waals surface area contributed by atoms with Crippen LogP contribution in [0.15, 0.2) is 84.5 Å². The van der Waals surface area contributed by atoms with Gasteiger partial charge in [-0.2, -0.15) is 0 Å². The van der Waals surface area contributed by atoms with E-state index in [0.717, 1.165) is 17.2 Å². The smallest absolute Gasteiger partial charge is 0.408 e. The van der Waals surface area contributed by atoms with Gasteiger partial charge in [0.2, 0.25) is 11.8 Å². The summed E-state index contributed by atoms with van der Waals surface area (Å²) in [5.74, 6) is -3.93. The van der Waals surface area contributed by atoms with E-state index in [1.54, 1.807) is 65.0 Å². The third-order valence-corrected chi connectivity index (χ3v) is 13.9. The van der Waals surface area contributed by atoms with Crippen LogP contribution in [0.1, 0.15) is 90.7 Å². The maximum atomic E-state index is 17.7. The number of ether oxygens (including phenoxy) is 3. The van der Waals surface area contributed by atoms with Gasteiger partial charge < -0.3 is 40.4 Å². The third-order valence-electron chi connectivity index (χ3n) is 13.9. The average molecular weight is 874 g/mol. The fourth-order valence-electron chi connectivity index (χ4n) is 11.0.